The number of carboxylic acid groups (broad SMARTS) is 1. The highest BCUT2D eigenvalue weighted by molar-refractivity contribution is 7.09. The fourth-order valence-corrected chi connectivity index (χ4v) is 2.60. The molecule has 2 N–H and O–H groups in total. The number of hydrogen-bond acceptors (Lipinski definition) is 7. The number of hydrogen-bond donors (Lipinski definition) is 2. The predicted octanol–water partition coefficient (Wildman–Crippen LogP) is 2.68. The first-order chi connectivity index (χ1) is 11.7. The van der Waals surface area contributed by atoms with E-state index in [1.165, 1.54) is 0 Å². The average Bonchev–Trinajstić information content (AvgIpc) is 3.12. The Balaban J connectivity index is 1.85. The van der Waals surface area contributed by atoms with Gasteiger partial charge in [0.2, 0.25) is 11.8 Å². The number of nitrogens with one attached hydrogen (secondary N) is 1. The van der Waals surface area contributed by atoms with E-state index in [1.54, 1.807) is 35.9 Å². The molecule has 0 saturated heterocycles. The van der Waals surface area contributed by atoms with Crippen molar-refractivity contribution in [2.24, 2.45) is 0 Å². The minimum atomic E-state index is -1.07. The van der Waals surface area contributed by atoms with Crippen LogP contribution in [0.5, 0.6) is 5.88 Å². The second-order valence-electron chi connectivity index (χ2n) is 4.77. The lowest BCUT2D eigenvalue weighted by atomic mass is 10.2. The van der Waals surface area contributed by atoms with Crippen LogP contribution in [0.25, 0.3) is 11.3 Å². The molecule has 0 unspecified atom stereocenters. The van der Waals surface area contributed by atoms with Gasteiger partial charge in [0.15, 0.2) is 6.61 Å². The van der Waals surface area contributed by atoms with Crippen LogP contribution < -0.4 is 10.1 Å². The number of carboxylic acids is 1. The fourth-order valence-electron chi connectivity index (χ4n) is 1.96. The fraction of sp³-hybridized carbons (Fsp3) is 0.125. The Morgan fingerprint density at radius 3 is 2.92 bits per heavy atom. The topological polar surface area (TPSA) is 97.2 Å². The van der Waals surface area contributed by atoms with Crippen LogP contribution in [-0.4, -0.2) is 32.6 Å². The molecule has 3 heterocycles. The Morgan fingerprint density at radius 2 is 2.21 bits per heavy atom. The maximum atomic E-state index is 10.7. The first-order valence-electron chi connectivity index (χ1n) is 7.11. The molecule has 3 aromatic heterocycles. The summed E-state index contributed by atoms with van der Waals surface area (Å²) in [5.41, 5.74) is 1.39. The van der Waals surface area contributed by atoms with E-state index < -0.39 is 12.6 Å². The van der Waals surface area contributed by atoms with E-state index in [2.05, 4.69) is 20.3 Å². The zero-order chi connectivity index (χ0) is 16.8. The first-order valence-corrected chi connectivity index (χ1v) is 7.99. The minimum Gasteiger partial charge on any atom is -0.479 e. The van der Waals surface area contributed by atoms with Gasteiger partial charge in [0.05, 0.1) is 12.2 Å². The van der Waals surface area contributed by atoms with Gasteiger partial charge in [0, 0.05) is 28.9 Å². The first kappa shape index (κ1) is 15.9. The maximum Gasteiger partial charge on any atom is 0.341 e. The number of anilines is 1. The summed E-state index contributed by atoms with van der Waals surface area (Å²) in [5, 5.41) is 13.9. The largest absolute Gasteiger partial charge is 0.479 e. The molecule has 3 aromatic rings. The Bertz CT molecular complexity index is 809. The van der Waals surface area contributed by atoms with E-state index in [-0.39, 0.29) is 5.88 Å². The van der Waals surface area contributed by atoms with Gasteiger partial charge in [-0.25, -0.2) is 9.78 Å². The molecule has 0 bridgehead atoms. The zero-order valence-corrected chi connectivity index (χ0v) is 13.4. The maximum absolute atomic E-state index is 10.7. The van der Waals surface area contributed by atoms with Crippen LogP contribution in [-0.2, 0) is 11.3 Å². The molecule has 0 amide bonds. The van der Waals surface area contributed by atoms with Gasteiger partial charge in [-0.2, -0.15) is 4.98 Å². The standard InChI is InChI=1S/C16H14N4O3S/c21-15(22)10-23-14-7-13(11-3-1-5-17-8-11)19-16(20-14)18-9-12-4-2-6-24-12/h1-8H,9-10H2,(H,21,22)(H,18,19,20). The summed E-state index contributed by atoms with van der Waals surface area (Å²) in [6.45, 7) is 0.111. The normalized spacial score (nSPS) is 10.3. The third kappa shape index (κ3) is 4.26. The lowest BCUT2D eigenvalue weighted by Gasteiger charge is -2.09. The van der Waals surface area contributed by atoms with Gasteiger partial charge in [-0.05, 0) is 23.6 Å². The van der Waals surface area contributed by atoms with Crippen LogP contribution in [0.2, 0.25) is 0 Å². The molecule has 0 fully saturated rings. The summed E-state index contributed by atoms with van der Waals surface area (Å²) in [7, 11) is 0. The molecule has 0 aliphatic carbocycles. The Morgan fingerprint density at radius 1 is 1.29 bits per heavy atom. The molecule has 8 heteroatoms. The number of aromatic nitrogens is 3. The van der Waals surface area contributed by atoms with Gasteiger partial charge in [-0.1, -0.05) is 6.07 Å². The number of nitrogens with zero attached hydrogens (tertiary/aromatic N) is 3. The quantitative estimate of drug-likeness (QED) is 0.681. The summed E-state index contributed by atoms with van der Waals surface area (Å²) < 4.78 is 5.20. The number of aliphatic carboxylic acids is 1. The van der Waals surface area contributed by atoms with Gasteiger partial charge in [0.25, 0.3) is 0 Å². The average molecular weight is 342 g/mol. The highest BCUT2D eigenvalue weighted by Gasteiger charge is 2.09. The van der Waals surface area contributed by atoms with E-state index in [9.17, 15) is 4.79 Å². The van der Waals surface area contributed by atoms with Crippen molar-refractivity contribution < 1.29 is 14.6 Å². The highest BCUT2D eigenvalue weighted by Crippen LogP contribution is 2.22. The van der Waals surface area contributed by atoms with E-state index in [0.29, 0.717) is 18.2 Å². The Hall–Kier alpha value is -3.00. The second kappa shape index (κ2) is 7.51. The van der Waals surface area contributed by atoms with Crippen molar-refractivity contribution in [2.75, 3.05) is 11.9 Å². The van der Waals surface area contributed by atoms with E-state index >= 15 is 0 Å². The highest BCUT2D eigenvalue weighted by atomic mass is 32.1. The molecule has 3 rings (SSSR count). The van der Waals surface area contributed by atoms with Crippen LogP contribution in [0, 0.1) is 0 Å². The summed E-state index contributed by atoms with van der Waals surface area (Å²) >= 11 is 1.62. The predicted molar refractivity (Wildman–Crippen MR) is 90.0 cm³/mol. The Labute approximate surface area is 142 Å². The molecule has 24 heavy (non-hydrogen) atoms. The van der Waals surface area contributed by atoms with Crippen molar-refractivity contribution in [2.45, 2.75) is 6.54 Å². The second-order valence-corrected chi connectivity index (χ2v) is 5.80. The third-order valence-corrected chi connectivity index (χ3v) is 3.88. The third-order valence-electron chi connectivity index (χ3n) is 3.00. The molecule has 0 aliphatic rings. The lowest BCUT2D eigenvalue weighted by Crippen LogP contribution is -2.12. The van der Waals surface area contributed by atoms with E-state index in [0.717, 1.165) is 10.4 Å². The van der Waals surface area contributed by atoms with Gasteiger partial charge < -0.3 is 15.2 Å². The molecule has 0 spiro atoms. The number of thiophene rings is 1. The van der Waals surface area contributed by atoms with Crippen molar-refractivity contribution in [3.63, 3.8) is 0 Å². The van der Waals surface area contributed by atoms with Gasteiger partial charge >= 0.3 is 5.97 Å². The molecular weight excluding hydrogens is 328 g/mol. The van der Waals surface area contributed by atoms with E-state index in [4.69, 9.17) is 9.84 Å². The van der Waals surface area contributed by atoms with Crippen LogP contribution in [0.3, 0.4) is 0 Å². The molecule has 122 valence electrons. The molecule has 0 aliphatic heterocycles. The lowest BCUT2D eigenvalue weighted by molar-refractivity contribution is -0.139. The van der Waals surface area contributed by atoms with Crippen molar-refractivity contribution in [1.29, 1.82) is 0 Å². The van der Waals surface area contributed by atoms with Crippen LogP contribution in [0.4, 0.5) is 5.95 Å². The molecule has 0 radical (unpaired) electrons. The number of rotatable bonds is 7. The smallest absolute Gasteiger partial charge is 0.341 e. The van der Waals surface area contributed by atoms with Gasteiger partial charge in [-0.15, -0.1) is 11.3 Å². The zero-order valence-electron chi connectivity index (χ0n) is 12.5. The summed E-state index contributed by atoms with van der Waals surface area (Å²) in [4.78, 5) is 24.6. The molecule has 7 nitrogen and oxygen atoms in total. The SMILES string of the molecule is O=C(O)COc1cc(-c2cccnc2)nc(NCc2cccs2)n1. The number of carbonyl (C=O) groups is 1. The van der Waals surface area contributed by atoms with Crippen molar-refractivity contribution >= 4 is 23.3 Å². The molecule has 0 aromatic carbocycles. The minimum absolute atomic E-state index is 0.194. The molecular formula is C16H14N4O3S. The van der Waals surface area contributed by atoms with Crippen LogP contribution in [0.1, 0.15) is 4.88 Å². The Kier molecular flexibility index (Phi) is 4.97. The van der Waals surface area contributed by atoms with E-state index in [1.807, 2.05) is 23.6 Å². The van der Waals surface area contributed by atoms with Crippen molar-refractivity contribution in [3.05, 3.63) is 53.0 Å². The molecule has 0 atom stereocenters. The monoisotopic (exact) mass is 342 g/mol. The summed E-state index contributed by atoms with van der Waals surface area (Å²) in [6, 6.07) is 9.23. The number of ether oxygens (including phenoxy) is 1. The molecule has 0 saturated carbocycles. The van der Waals surface area contributed by atoms with Gasteiger partial charge in [0.1, 0.15) is 0 Å². The van der Waals surface area contributed by atoms with Crippen molar-refractivity contribution in [3.8, 4) is 17.1 Å². The number of pyridine rings is 1. The van der Waals surface area contributed by atoms with Gasteiger partial charge in [-0.3, -0.25) is 4.98 Å². The summed E-state index contributed by atoms with van der Waals surface area (Å²) in [6.07, 6.45) is 3.34. The summed E-state index contributed by atoms with van der Waals surface area (Å²) in [5.74, 6) is -0.505. The van der Waals surface area contributed by atoms with Crippen molar-refractivity contribution in [1.82, 2.24) is 15.0 Å². The van der Waals surface area contributed by atoms with Crippen LogP contribution >= 0.6 is 11.3 Å². The van der Waals surface area contributed by atoms with Crippen LogP contribution in [0.15, 0.2) is 48.1 Å².